The lowest BCUT2D eigenvalue weighted by Crippen LogP contribution is -2.35. The maximum absolute atomic E-state index is 13.5. The first kappa shape index (κ1) is 27.3. The number of nitrogens with one attached hydrogen (secondary N) is 2. The average Bonchev–Trinajstić information content (AvgIpc) is 3.56. The molecule has 3 N–H and O–H groups in total. The van der Waals surface area contributed by atoms with Crippen molar-refractivity contribution in [1.29, 1.82) is 0 Å². The van der Waals surface area contributed by atoms with Crippen LogP contribution in [0, 0.1) is 6.92 Å². The first-order valence-electron chi connectivity index (χ1n) is 12.6. The summed E-state index contributed by atoms with van der Waals surface area (Å²) in [4.78, 5) is 37.3. The van der Waals surface area contributed by atoms with Crippen molar-refractivity contribution in [3.05, 3.63) is 28.5 Å². The van der Waals surface area contributed by atoms with Gasteiger partial charge in [0.15, 0.2) is 5.01 Å². The number of halogens is 3. The zero-order chi connectivity index (χ0) is 26.9. The topological polar surface area (TPSA) is 107 Å². The smallest absolute Gasteiger partial charge is 0.393 e. The largest absolute Gasteiger partial charge is 0.408 e. The van der Waals surface area contributed by atoms with E-state index in [2.05, 4.69) is 20.6 Å². The molecular formula is C25H32F3N5O3S. The average molecular weight is 540 g/mol. The number of thiazole rings is 1. The van der Waals surface area contributed by atoms with E-state index in [0.717, 1.165) is 24.2 Å². The molecule has 3 heterocycles. The minimum absolute atomic E-state index is 0.0402. The van der Waals surface area contributed by atoms with Crippen LogP contribution in [0.1, 0.15) is 78.2 Å². The number of anilines is 1. The Labute approximate surface area is 217 Å². The van der Waals surface area contributed by atoms with Gasteiger partial charge in [0.2, 0.25) is 0 Å². The van der Waals surface area contributed by atoms with Crippen molar-refractivity contribution in [2.75, 3.05) is 11.9 Å². The molecule has 2 aromatic heterocycles. The number of alkyl halides is 3. The maximum atomic E-state index is 13.5. The molecule has 4 rings (SSSR count). The maximum Gasteiger partial charge on any atom is 0.408 e. The molecule has 1 aliphatic carbocycles. The van der Waals surface area contributed by atoms with Crippen molar-refractivity contribution in [2.24, 2.45) is 0 Å². The number of pyridine rings is 1. The number of hydrogen-bond donors (Lipinski definition) is 3. The van der Waals surface area contributed by atoms with E-state index in [1.807, 2.05) is 6.92 Å². The van der Waals surface area contributed by atoms with Gasteiger partial charge < -0.3 is 20.6 Å². The third kappa shape index (κ3) is 6.06. The monoisotopic (exact) mass is 539 g/mol. The van der Waals surface area contributed by atoms with Gasteiger partial charge in [0, 0.05) is 30.4 Å². The number of hydrogen-bond acceptors (Lipinski definition) is 7. The number of aliphatic hydroxyl groups excluding tert-OH is 1. The zero-order valence-corrected chi connectivity index (χ0v) is 21.9. The van der Waals surface area contributed by atoms with Crippen LogP contribution in [0.15, 0.2) is 12.3 Å². The van der Waals surface area contributed by atoms with Crippen LogP contribution in [0.2, 0.25) is 0 Å². The number of likely N-dealkylation sites (tertiary alicyclic amines) is 1. The normalized spacial score (nSPS) is 22.8. The Morgan fingerprint density at radius 3 is 2.62 bits per heavy atom. The molecule has 0 unspecified atom stereocenters. The van der Waals surface area contributed by atoms with E-state index < -0.39 is 24.2 Å². The molecule has 8 nitrogen and oxygen atoms in total. The second-order valence-electron chi connectivity index (χ2n) is 9.86. The second kappa shape index (κ2) is 10.9. The molecule has 37 heavy (non-hydrogen) atoms. The van der Waals surface area contributed by atoms with E-state index in [1.165, 1.54) is 19.2 Å². The van der Waals surface area contributed by atoms with Crippen LogP contribution in [-0.2, 0) is 0 Å². The van der Waals surface area contributed by atoms with Crippen molar-refractivity contribution < 1.29 is 27.9 Å². The molecule has 0 radical (unpaired) electrons. The van der Waals surface area contributed by atoms with Gasteiger partial charge in [-0.15, -0.1) is 11.3 Å². The SMILES string of the molecule is CC[C@H](Nc1cc(C)c(-c2sc(C(=O)N[C@H]3CC[C@H](O)C3)nc2C(=O)N2CCC[C@@H]2C)cn1)C(F)(F)F. The minimum atomic E-state index is -4.41. The van der Waals surface area contributed by atoms with E-state index in [1.54, 1.807) is 11.8 Å². The van der Waals surface area contributed by atoms with Gasteiger partial charge in [0.1, 0.15) is 17.6 Å². The molecule has 0 spiro atoms. The highest BCUT2D eigenvalue weighted by Gasteiger charge is 2.38. The highest BCUT2D eigenvalue weighted by molar-refractivity contribution is 7.17. The van der Waals surface area contributed by atoms with E-state index in [4.69, 9.17) is 0 Å². The van der Waals surface area contributed by atoms with Gasteiger partial charge in [-0.1, -0.05) is 6.92 Å². The fourth-order valence-corrected chi connectivity index (χ4v) is 5.95. The van der Waals surface area contributed by atoms with Crippen molar-refractivity contribution in [1.82, 2.24) is 20.2 Å². The summed E-state index contributed by atoms with van der Waals surface area (Å²) >= 11 is 1.06. The summed E-state index contributed by atoms with van der Waals surface area (Å²) in [5.74, 6) is -0.621. The summed E-state index contributed by atoms with van der Waals surface area (Å²) < 4.78 is 39.7. The fourth-order valence-electron chi connectivity index (χ4n) is 4.92. The lowest BCUT2D eigenvalue weighted by atomic mass is 10.1. The van der Waals surface area contributed by atoms with Crippen molar-refractivity contribution in [2.45, 2.75) is 89.7 Å². The summed E-state index contributed by atoms with van der Waals surface area (Å²) in [5.41, 5.74) is 1.28. The molecular weight excluding hydrogens is 507 g/mol. The van der Waals surface area contributed by atoms with Crippen LogP contribution in [0.5, 0.6) is 0 Å². The molecule has 1 aliphatic heterocycles. The summed E-state index contributed by atoms with van der Waals surface area (Å²) in [5, 5.41) is 15.2. The third-order valence-corrected chi connectivity index (χ3v) is 8.15. The van der Waals surface area contributed by atoms with Gasteiger partial charge in [0.25, 0.3) is 11.8 Å². The Morgan fingerprint density at radius 2 is 2.05 bits per heavy atom. The predicted octanol–water partition coefficient (Wildman–Crippen LogP) is 4.53. The van der Waals surface area contributed by atoms with Gasteiger partial charge in [-0.05, 0) is 64.0 Å². The third-order valence-electron chi connectivity index (χ3n) is 7.06. The highest BCUT2D eigenvalue weighted by atomic mass is 32.1. The second-order valence-corrected chi connectivity index (χ2v) is 10.9. The number of aromatic nitrogens is 2. The number of amides is 2. The lowest BCUT2D eigenvalue weighted by molar-refractivity contribution is -0.142. The number of rotatable bonds is 7. The van der Waals surface area contributed by atoms with Crippen LogP contribution in [0.25, 0.3) is 10.4 Å². The molecule has 1 saturated heterocycles. The molecule has 1 saturated carbocycles. The zero-order valence-electron chi connectivity index (χ0n) is 21.1. The Hall–Kier alpha value is -2.73. The summed E-state index contributed by atoms with van der Waals surface area (Å²) in [6, 6.07) is -0.345. The first-order valence-corrected chi connectivity index (χ1v) is 13.4. The minimum Gasteiger partial charge on any atom is -0.393 e. The molecule has 2 amide bonds. The van der Waals surface area contributed by atoms with Gasteiger partial charge in [0.05, 0.1) is 11.0 Å². The van der Waals surface area contributed by atoms with Gasteiger partial charge in [-0.25, -0.2) is 9.97 Å². The van der Waals surface area contributed by atoms with E-state index in [-0.39, 0.29) is 40.9 Å². The Bertz CT molecular complexity index is 1160. The molecule has 2 aliphatic rings. The number of carbonyl (C=O) groups is 2. The number of aryl methyl sites for hydroxylation is 1. The number of nitrogens with zero attached hydrogens (tertiary/aromatic N) is 3. The van der Waals surface area contributed by atoms with Crippen LogP contribution < -0.4 is 10.6 Å². The van der Waals surface area contributed by atoms with Crippen molar-refractivity contribution in [3.8, 4) is 10.4 Å². The van der Waals surface area contributed by atoms with E-state index >= 15 is 0 Å². The Balaban J connectivity index is 1.66. The van der Waals surface area contributed by atoms with Crippen LogP contribution in [0.3, 0.4) is 0 Å². The first-order chi connectivity index (χ1) is 17.5. The van der Waals surface area contributed by atoms with E-state index in [0.29, 0.717) is 41.8 Å². The fraction of sp³-hybridized carbons (Fsp3) is 0.600. The highest BCUT2D eigenvalue weighted by Crippen LogP contribution is 2.36. The van der Waals surface area contributed by atoms with Crippen LogP contribution in [0.4, 0.5) is 19.0 Å². The summed E-state index contributed by atoms with van der Waals surface area (Å²) in [7, 11) is 0. The van der Waals surface area contributed by atoms with Crippen molar-refractivity contribution >= 4 is 29.0 Å². The Kier molecular flexibility index (Phi) is 8.08. The standard InChI is InChI=1S/C25H32F3N5O3S/c1-4-18(25(26,27)28)31-19-10-13(2)17(12-29-19)21-20(24(36)33-9-5-6-14(33)3)32-23(37-21)22(35)30-15-7-8-16(34)11-15/h10,12,14-16,18,34H,4-9,11H2,1-3H3,(H,29,31)(H,30,35)/t14-,15-,16-,18-/m0/s1. The molecule has 0 aromatic carbocycles. The van der Waals surface area contributed by atoms with Crippen molar-refractivity contribution in [3.63, 3.8) is 0 Å². The number of aliphatic hydroxyl groups is 1. The van der Waals surface area contributed by atoms with E-state index in [9.17, 15) is 27.9 Å². The Morgan fingerprint density at radius 1 is 1.30 bits per heavy atom. The molecule has 12 heteroatoms. The molecule has 202 valence electrons. The van der Waals surface area contributed by atoms with Gasteiger partial charge in [-0.3, -0.25) is 9.59 Å². The molecule has 0 bridgehead atoms. The predicted molar refractivity (Wildman–Crippen MR) is 135 cm³/mol. The quantitative estimate of drug-likeness (QED) is 0.477. The van der Waals surface area contributed by atoms with Crippen LogP contribution >= 0.6 is 11.3 Å². The summed E-state index contributed by atoms with van der Waals surface area (Å²) in [6.07, 6.45) is -0.0863. The summed E-state index contributed by atoms with van der Waals surface area (Å²) in [6.45, 7) is 5.73. The molecule has 4 atom stereocenters. The lowest BCUT2D eigenvalue weighted by Gasteiger charge is -2.22. The molecule has 2 fully saturated rings. The molecule has 2 aromatic rings. The number of carbonyl (C=O) groups excluding carboxylic acids is 2. The van der Waals surface area contributed by atoms with Gasteiger partial charge in [-0.2, -0.15) is 13.2 Å². The van der Waals surface area contributed by atoms with Crippen LogP contribution in [-0.4, -0.2) is 68.7 Å². The van der Waals surface area contributed by atoms with Gasteiger partial charge >= 0.3 is 6.18 Å².